The van der Waals surface area contributed by atoms with Crippen LogP contribution in [-0.2, 0) is 0 Å². The zero-order valence-electron chi connectivity index (χ0n) is 7.55. The second-order valence-corrected chi connectivity index (χ2v) is 4.23. The highest BCUT2D eigenvalue weighted by molar-refractivity contribution is 4.85. The quantitative estimate of drug-likeness (QED) is 0.516. The third kappa shape index (κ3) is 1.44. The Bertz CT molecular complexity index is 131. The van der Waals surface area contributed by atoms with Gasteiger partial charge in [-0.1, -0.05) is 12.8 Å². The van der Waals surface area contributed by atoms with Gasteiger partial charge in [-0.25, -0.2) is 0 Å². The molecule has 0 aromatic heterocycles. The predicted octanol–water partition coefficient (Wildman–Crippen LogP) is 2.27. The Morgan fingerprint density at radius 2 is 1.73 bits per heavy atom. The number of nitrogens with zero attached hydrogens (tertiary/aromatic N) is 1. The van der Waals surface area contributed by atoms with E-state index in [1.165, 1.54) is 45.1 Å². The maximum atomic E-state index is 2.59. The Morgan fingerprint density at radius 1 is 1.00 bits per heavy atom. The fourth-order valence-corrected chi connectivity index (χ4v) is 2.87. The summed E-state index contributed by atoms with van der Waals surface area (Å²) in [4.78, 5) is 2.59. The van der Waals surface area contributed by atoms with Crippen LogP contribution in [0, 0.1) is 5.92 Å². The lowest BCUT2D eigenvalue weighted by molar-refractivity contribution is 0.0841. The summed E-state index contributed by atoms with van der Waals surface area (Å²) in [6.45, 7) is 1.35. The molecule has 1 aliphatic carbocycles. The van der Waals surface area contributed by atoms with E-state index in [1.807, 2.05) is 0 Å². The zero-order valence-corrected chi connectivity index (χ0v) is 7.55. The van der Waals surface area contributed by atoms with E-state index in [4.69, 9.17) is 0 Å². The van der Waals surface area contributed by atoms with Crippen molar-refractivity contribution in [3.8, 4) is 0 Å². The first-order valence-corrected chi connectivity index (χ1v) is 5.08. The fourth-order valence-electron chi connectivity index (χ4n) is 2.87. The number of hydrogen-bond acceptors (Lipinski definition) is 1. The normalized spacial score (nSPS) is 40.1. The lowest BCUT2D eigenvalue weighted by Gasteiger charge is -2.42. The standard InChI is InChI=1S/C10H19N/c1-11-8-4-6-9-5-2-3-7-10(9)11/h9-10H,2-8H2,1H3/t9-,10?/m0/s1. The van der Waals surface area contributed by atoms with Crippen LogP contribution in [0.4, 0.5) is 0 Å². The Balaban J connectivity index is 1.99. The summed E-state index contributed by atoms with van der Waals surface area (Å²) in [5.41, 5.74) is 0. The second-order valence-electron chi connectivity index (χ2n) is 4.23. The summed E-state index contributed by atoms with van der Waals surface area (Å²) in [6.07, 6.45) is 8.91. The van der Waals surface area contributed by atoms with E-state index in [-0.39, 0.29) is 0 Å². The highest BCUT2D eigenvalue weighted by Crippen LogP contribution is 2.34. The minimum atomic E-state index is 0.956. The SMILES string of the molecule is CN1CCC[C@@H]2CCCCC21. The molecule has 1 heteroatoms. The fraction of sp³-hybridized carbons (Fsp3) is 1.00. The summed E-state index contributed by atoms with van der Waals surface area (Å²) in [7, 11) is 2.31. The topological polar surface area (TPSA) is 3.24 Å². The molecule has 1 saturated heterocycles. The molecule has 1 saturated carbocycles. The van der Waals surface area contributed by atoms with E-state index >= 15 is 0 Å². The maximum absolute atomic E-state index is 2.59. The van der Waals surface area contributed by atoms with Crippen molar-refractivity contribution in [1.29, 1.82) is 0 Å². The van der Waals surface area contributed by atoms with Crippen LogP contribution < -0.4 is 0 Å². The van der Waals surface area contributed by atoms with Crippen molar-refractivity contribution in [2.75, 3.05) is 13.6 Å². The van der Waals surface area contributed by atoms with E-state index in [1.54, 1.807) is 0 Å². The van der Waals surface area contributed by atoms with Crippen LogP contribution in [0.1, 0.15) is 38.5 Å². The van der Waals surface area contributed by atoms with Crippen molar-refractivity contribution in [2.24, 2.45) is 5.92 Å². The first kappa shape index (κ1) is 7.60. The molecule has 1 heterocycles. The van der Waals surface area contributed by atoms with Crippen LogP contribution in [-0.4, -0.2) is 24.5 Å². The van der Waals surface area contributed by atoms with Crippen molar-refractivity contribution in [3.05, 3.63) is 0 Å². The number of fused-ring (bicyclic) bond motifs is 1. The summed E-state index contributed by atoms with van der Waals surface area (Å²) in [5, 5.41) is 0. The van der Waals surface area contributed by atoms with Crippen molar-refractivity contribution in [3.63, 3.8) is 0 Å². The molecule has 0 aromatic carbocycles. The molecule has 0 N–H and O–H groups in total. The van der Waals surface area contributed by atoms with Gasteiger partial charge in [0.2, 0.25) is 0 Å². The van der Waals surface area contributed by atoms with Crippen LogP contribution in [0.5, 0.6) is 0 Å². The van der Waals surface area contributed by atoms with Gasteiger partial charge in [-0.3, -0.25) is 0 Å². The molecule has 0 radical (unpaired) electrons. The molecule has 2 rings (SSSR count). The smallest absolute Gasteiger partial charge is 0.0120 e. The predicted molar refractivity (Wildman–Crippen MR) is 47.6 cm³/mol. The van der Waals surface area contributed by atoms with Gasteiger partial charge in [-0.15, -0.1) is 0 Å². The first-order chi connectivity index (χ1) is 5.38. The van der Waals surface area contributed by atoms with E-state index in [9.17, 15) is 0 Å². The number of likely N-dealkylation sites (tertiary alicyclic amines) is 1. The average molecular weight is 153 g/mol. The lowest BCUT2D eigenvalue weighted by Crippen LogP contribution is -2.44. The Kier molecular flexibility index (Phi) is 2.17. The van der Waals surface area contributed by atoms with E-state index in [0.717, 1.165) is 12.0 Å². The van der Waals surface area contributed by atoms with Gasteiger partial charge in [0.05, 0.1) is 0 Å². The summed E-state index contributed by atoms with van der Waals surface area (Å²) in [6, 6.07) is 0.956. The van der Waals surface area contributed by atoms with Crippen LogP contribution in [0.2, 0.25) is 0 Å². The molecule has 64 valence electrons. The molecule has 2 atom stereocenters. The highest BCUT2D eigenvalue weighted by atomic mass is 15.1. The molecule has 2 fully saturated rings. The van der Waals surface area contributed by atoms with E-state index in [2.05, 4.69) is 11.9 Å². The Labute approximate surface area is 69.8 Å². The molecule has 1 unspecified atom stereocenters. The van der Waals surface area contributed by atoms with Gasteiger partial charge in [0, 0.05) is 6.04 Å². The van der Waals surface area contributed by atoms with Crippen molar-refractivity contribution in [2.45, 2.75) is 44.6 Å². The van der Waals surface area contributed by atoms with Crippen LogP contribution in [0.25, 0.3) is 0 Å². The van der Waals surface area contributed by atoms with Crippen LogP contribution in [0.3, 0.4) is 0 Å². The molecule has 0 spiro atoms. The monoisotopic (exact) mass is 153 g/mol. The second kappa shape index (κ2) is 3.14. The van der Waals surface area contributed by atoms with Gasteiger partial charge >= 0.3 is 0 Å². The third-order valence-electron chi connectivity index (χ3n) is 3.52. The van der Waals surface area contributed by atoms with Crippen molar-refractivity contribution >= 4 is 0 Å². The first-order valence-electron chi connectivity index (χ1n) is 5.08. The molecule has 0 aromatic rings. The molecule has 11 heavy (non-hydrogen) atoms. The molecule has 2 aliphatic rings. The van der Waals surface area contributed by atoms with Gasteiger partial charge in [0.25, 0.3) is 0 Å². The van der Waals surface area contributed by atoms with Crippen molar-refractivity contribution < 1.29 is 0 Å². The van der Waals surface area contributed by atoms with Crippen molar-refractivity contribution in [1.82, 2.24) is 4.90 Å². The summed E-state index contributed by atoms with van der Waals surface area (Å²) < 4.78 is 0. The summed E-state index contributed by atoms with van der Waals surface area (Å²) in [5.74, 6) is 1.06. The van der Waals surface area contributed by atoms with Gasteiger partial charge in [-0.05, 0) is 45.2 Å². The molecule has 1 nitrogen and oxygen atoms in total. The van der Waals surface area contributed by atoms with Gasteiger partial charge in [-0.2, -0.15) is 0 Å². The van der Waals surface area contributed by atoms with Gasteiger partial charge in [0.1, 0.15) is 0 Å². The van der Waals surface area contributed by atoms with Crippen LogP contribution >= 0.6 is 0 Å². The molecular formula is C10H19N. The minimum absolute atomic E-state index is 0.956. The van der Waals surface area contributed by atoms with Gasteiger partial charge < -0.3 is 4.90 Å². The molecule has 0 bridgehead atoms. The lowest BCUT2D eigenvalue weighted by atomic mass is 9.79. The van der Waals surface area contributed by atoms with E-state index in [0.29, 0.717) is 0 Å². The van der Waals surface area contributed by atoms with Crippen LogP contribution in [0.15, 0.2) is 0 Å². The van der Waals surface area contributed by atoms with Gasteiger partial charge in [0.15, 0.2) is 0 Å². The number of rotatable bonds is 0. The largest absolute Gasteiger partial charge is 0.303 e. The highest BCUT2D eigenvalue weighted by Gasteiger charge is 2.30. The maximum Gasteiger partial charge on any atom is 0.0120 e. The number of piperidine rings is 1. The minimum Gasteiger partial charge on any atom is -0.303 e. The molecule has 0 amide bonds. The number of hydrogen-bond donors (Lipinski definition) is 0. The zero-order chi connectivity index (χ0) is 7.68. The third-order valence-corrected chi connectivity index (χ3v) is 3.52. The molecule has 1 aliphatic heterocycles. The Hall–Kier alpha value is -0.0400. The Morgan fingerprint density at radius 3 is 2.55 bits per heavy atom. The summed E-state index contributed by atoms with van der Waals surface area (Å²) >= 11 is 0. The average Bonchev–Trinajstić information content (AvgIpc) is 2.06. The van der Waals surface area contributed by atoms with E-state index < -0.39 is 0 Å². The molecular weight excluding hydrogens is 134 g/mol.